The van der Waals surface area contributed by atoms with Crippen LogP contribution in [0.5, 0.6) is 0 Å². The summed E-state index contributed by atoms with van der Waals surface area (Å²) < 4.78 is 6.94. The van der Waals surface area contributed by atoms with Crippen molar-refractivity contribution in [2.45, 2.75) is 20.0 Å². The van der Waals surface area contributed by atoms with Crippen LogP contribution in [0.15, 0.2) is 6.33 Å². The van der Waals surface area contributed by atoms with Crippen molar-refractivity contribution in [1.82, 2.24) is 14.8 Å². The van der Waals surface area contributed by atoms with Crippen LogP contribution in [0.4, 0.5) is 0 Å². The second-order valence-corrected chi connectivity index (χ2v) is 2.30. The van der Waals surface area contributed by atoms with Crippen LogP contribution >= 0.6 is 0 Å². The Labute approximate surface area is 71.5 Å². The van der Waals surface area contributed by atoms with E-state index in [1.54, 1.807) is 4.68 Å². The number of nitrogens with two attached hydrogens (primary N) is 1. The number of hydrogen-bond donors (Lipinski definition) is 1. The van der Waals surface area contributed by atoms with Crippen LogP contribution in [0.25, 0.3) is 0 Å². The number of hydrogen-bond acceptors (Lipinski definition) is 4. The lowest BCUT2D eigenvalue weighted by atomic mass is 10.6. The van der Waals surface area contributed by atoms with Gasteiger partial charge in [-0.1, -0.05) is 0 Å². The van der Waals surface area contributed by atoms with Gasteiger partial charge in [0.2, 0.25) is 0 Å². The fraction of sp³-hybridized carbons (Fsp3) is 0.714. The van der Waals surface area contributed by atoms with E-state index in [1.807, 2.05) is 6.92 Å². The summed E-state index contributed by atoms with van der Waals surface area (Å²) in [6, 6.07) is 0. The van der Waals surface area contributed by atoms with Crippen LogP contribution in [0.2, 0.25) is 0 Å². The van der Waals surface area contributed by atoms with Crippen LogP contribution in [-0.2, 0) is 17.8 Å². The predicted molar refractivity (Wildman–Crippen MR) is 44.4 cm³/mol. The normalized spacial score (nSPS) is 10.5. The number of ether oxygens (including phenoxy) is 1. The summed E-state index contributed by atoms with van der Waals surface area (Å²) in [5.74, 6) is 0.801. The van der Waals surface area contributed by atoms with Gasteiger partial charge >= 0.3 is 0 Å². The molecule has 68 valence electrons. The van der Waals surface area contributed by atoms with Crippen LogP contribution < -0.4 is 5.73 Å². The average Bonchev–Trinajstić information content (AvgIpc) is 2.52. The summed E-state index contributed by atoms with van der Waals surface area (Å²) in [6.07, 6.45) is 1.51. The Morgan fingerprint density at radius 3 is 3.17 bits per heavy atom. The maximum atomic E-state index is 5.44. The van der Waals surface area contributed by atoms with E-state index < -0.39 is 0 Å². The van der Waals surface area contributed by atoms with Gasteiger partial charge in [0.05, 0.1) is 19.7 Å². The Hall–Kier alpha value is -0.940. The molecule has 5 heteroatoms. The predicted octanol–water partition coefficient (Wildman–Crippen LogP) is -0.227. The minimum Gasteiger partial charge on any atom is -0.380 e. The van der Waals surface area contributed by atoms with E-state index in [0.717, 1.165) is 19.0 Å². The largest absolute Gasteiger partial charge is 0.380 e. The van der Waals surface area contributed by atoms with E-state index >= 15 is 0 Å². The first-order chi connectivity index (χ1) is 5.88. The topological polar surface area (TPSA) is 66.0 Å². The molecular formula is C7H14N4O. The highest BCUT2D eigenvalue weighted by atomic mass is 16.5. The molecule has 0 amide bonds. The molecule has 0 saturated heterocycles. The van der Waals surface area contributed by atoms with E-state index in [4.69, 9.17) is 10.5 Å². The van der Waals surface area contributed by atoms with Gasteiger partial charge in [-0.25, -0.2) is 9.67 Å². The van der Waals surface area contributed by atoms with Gasteiger partial charge in [-0.05, 0) is 6.92 Å². The fourth-order valence-corrected chi connectivity index (χ4v) is 0.928. The quantitative estimate of drug-likeness (QED) is 0.620. The van der Waals surface area contributed by atoms with Crippen molar-refractivity contribution in [1.29, 1.82) is 0 Å². The number of aromatic nitrogens is 3. The first kappa shape index (κ1) is 9.15. The molecule has 0 saturated carbocycles. The SMILES string of the molecule is CCOCCn1ncnc1CN. The Morgan fingerprint density at radius 2 is 2.50 bits per heavy atom. The molecule has 0 fully saturated rings. The summed E-state index contributed by atoms with van der Waals surface area (Å²) >= 11 is 0. The zero-order valence-electron chi connectivity index (χ0n) is 7.23. The minimum absolute atomic E-state index is 0.423. The number of rotatable bonds is 5. The van der Waals surface area contributed by atoms with Gasteiger partial charge in [-0.15, -0.1) is 0 Å². The maximum absolute atomic E-state index is 5.44. The second-order valence-electron chi connectivity index (χ2n) is 2.30. The van der Waals surface area contributed by atoms with E-state index in [2.05, 4.69) is 10.1 Å². The molecule has 5 nitrogen and oxygen atoms in total. The standard InChI is InChI=1S/C7H14N4O/c1-2-12-4-3-11-7(5-8)9-6-10-11/h6H,2-5,8H2,1H3. The van der Waals surface area contributed by atoms with Crippen molar-refractivity contribution in [2.75, 3.05) is 13.2 Å². The van der Waals surface area contributed by atoms with Gasteiger partial charge in [0.25, 0.3) is 0 Å². The van der Waals surface area contributed by atoms with Gasteiger partial charge in [0, 0.05) is 6.61 Å². The number of nitrogens with zero attached hydrogens (tertiary/aromatic N) is 3. The third-order valence-electron chi connectivity index (χ3n) is 1.53. The van der Waals surface area contributed by atoms with Gasteiger partial charge in [0.15, 0.2) is 0 Å². The molecule has 0 unspecified atom stereocenters. The summed E-state index contributed by atoms with van der Waals surface area (Å²) in [5, 5.41) is 4.00. The molecule has 0 aliphatic carbocycles. The lowest BCUT2D eigenvalue weighted by Crippen LogP contribution is -2.13. The summed E-state index contributed by atoms with van der Waals surface area (Å²) in [6.45, 7) is 4.50. The highest BCUT2D eigenvalue weighted by Crippen LogP contribution is 1.91. The fourth-order valence-electron chi connectivity index (χ4n) is 0.928. The van der Waals surface area contributed by atoms with Crippen molar-refractivity contribution in [2.24, 2.45) is 5.73 Å². The van der Waals surface area contributed by atoms with Crippen LogP contribution in [0, 0.1) is 0 Å². The van der Waals surface area contributed by atoms with Gasteiger partial charge < -0.3 is 10.5 Å². The molecule has 0 aliphatic rings. The van der Waals surface area contributed by atoms with Gasteiger partial charge in [0.1, 0.15) is 12.2 Å². The first-order valence-electron chi connectivity index (χ1n) is 4.03. The van der Waals surface area contributed by atoms with Gasteiger partial charge in [-0.3, -0.25) is 0 Å². The van der Waals surface area contributed by atoms with E-state index in [0.29, 0.717) is 13.2 Å². The van der Waals surface area contributed by atoms with Crippen LogP contribution in [0.1, 0.15) is 12.7 Å². The van der Waals surface area contributed by atoms with Crippen molar-refractivity contribution >= 4 is 0 Å². The molecule has 12 heavy (non-hydrogen) atoms. The molecule has 1 heterocycles. The molecule has 1 aromatic heterocycles. The molecule has 0 radical (unpaired) electrons. The highest BCUT2D eigenvalue weighted by Gasteiger charge is 1.99. The van der Waals surface area contributed by atoms with E-state index in [-0.39, 0.29) is 0 Å². The van der Waals surface area contributed by atoms with Gasteiger partial charge in [-0.2, -0.15) is 5.10 Å². The Balaban J connectivity index is 2.39. The Bertz CT molecular complexity index is 223. The molecule has 0 atom stereocenters. The Morgan fingerprint density at radius 1 is 1.67 bits per heavy atom. The van der Waals surface area contributed by atoms with E-state index in [9.17, 15) is 0 Å². The van der Waals surface area contributed by atoms with Crippen molar-refractivity contribution in [3.8, 4) is 0 Å². The zero-order valence-corrected chi connectivity index (χ0v) is 7.23. The minimum atomic E-state index is 0.423. The average molecular weight is 170 g/mol. The summed E-state index contributed by atoms with van der Waals surface area (Å²) in [7, 11) is 0. The Kier molecular flexibility index (Phi) is 3.69. The third-order valence-corrected chi connectivity index (χ3v) is 1.53. The summed E-state index contributed by atoms with van der Waals surface area (Å²) in [4.78, 5) is 3.98. The molecular weight excluding hydrogens is 156 g/mol. The van der Waals surface area contributed by atoms with E-state index in [1.165, 1.54) is 6.33 Å². The molecule has 1 aromatic rings. The second kappa shape index (κ2) is 4.84. The smallest absolute Gasteiger partial charge is 0.140 e. The molecule has 2 N–H and O–H groups in total. The molecule has 0 aromatic carbocycles. The van der Waals surface area contributed by atoms with Crippen LogP contribution in [0.3, 0.4) is 0 Å². The maximum Gasteiger partial charge on any atom is 0.140 e. The molecule has 0 bridgehead atoms. The summed E-state index contributed by atoms with van der Waals surface area (Å²) in [5.41, 5.74) is 5.44. The van der Waals surface area contributed by atoms with Crippen molar-refractivity contribution in [3.05, 3.63) is 12.2 Å². The third kappa shape index (κ3) is 2.28. The monoisotopic (exact) mass is 170 g/mol. The highest BCUT2D eigenvalue weighted by molar-refractivity contribution is 4.81. The lowest BCUT2D eigenvalue weighted by Gasteiger charge is -2.03. The van der Waals surface area contributed by atoms with Crippen molar-refractivity contribution < 1.29 is 4.74 Å². The van der Waals surface area contributed by atoms with Crippen LogP contribution in [-0.4, -0.2) is 28.0 Å². The zero-order chi connectivity index (χ0) is 8.81. The molecule has 1 rings (SSSR count). The van der Waals surface area contributed by atoms with Crippen molar-refractivity contribution in [3.63, 3.8) is 0 Å². The lowest BCUT2D eigenvalue weighted by molar-refractivity contribution is 0.135. The molecule has 0 aliphatic heterocycles. The first-order valence-corrected chi connectivity index (χ1v) is 4.03. The molecule has 0 spiro atoms.